The van der Waals surface area contributed by atoms with Gasteiger partial charge in [-0.1, -0.05) is 24.3 Å². The van der Waals surface area contributed by atoms with E-state index in [0.29, 0.717) is 18.7 Å². The van der Waals surface area contributed by atoms with Crippen LogP contribution in [-0.2, 0) is 21.2 Å². The number of rotatable bonds is 8. The zero-order valence-electron chi connectivity index (χ0n) is 16.2. The van der Waals surface area contributed by atoms with Crippen molar-refractivity contribution < 1.29 is 17.9 Å². The number of hydrogen-bond acceptors (Lipinski definition) is 4. The number of nitrogens with one attached hydrogen (secondary N) is 1. The molecule has 7 heteroatoms. The van der Waals surface area contributed by atoms with Crippen LogP contribution < -0.4 is 14.4 Å². The van der Waals surface area contributed by atoms with Gasteiger partial charge in [0, 0.05) is 6.54 Å². The molecule has 146 valence electrons. The molecule has 0 aliphatic rings. The first-order valence-corrected chi connectivity index (χ1v) is 10.5. The van der Waals surface area contributed by atoms with E-state index in [2.05, 4.69) is 5.32 Å². The minimum Gasteiger partial charge on any atom is -0.497 e. The first kappa shape index (κ1) is 20.8. The van der Waals surface area contributed by atoms with E-state index in [9.17, 15) is 13.2 Å². The number of carbonyl (C=O) groups excluding carboxylic acids is 1. The van der Waals surface area contributed by atoms with Gasteiger partial charge in [-0.2, -0.15) is 0 Å². The molecule has 1 amide bonds. The van der Waals surface area contributed by atoms with Crippen LogP contribution in [0.4, 0.5) is 5.69 Å². The quantitative estimate of drug-likeness (QED) is 0.751. The molecule has 0 unspecified atom stereocenters. The van der Waals surface area contributed by atoms with E-state index < -0.39 is 10.0 Å². The fraction of sp³-hybridized carbons (Fsp3) is 0.350. The van der Waals surface area contributed by atoms with Gasteiger partial charge in [0.05, 0.1) is 19.1 Å². The Kier molecular flexibility index (Phi) is 6.85. The van der Waals surface area contributed by atoms with Gasteiger partial charge < -0.3 is 10.1 Å². The number of sulfonamides is 1. The number of aryl methyl sites for hydroxylation is 1. The lowest BCUT2D eigenvalue weighted by Gasteiger charge is -2.24. The zero-order valence-corrected chi connectivity index (χ0v) is 17.0. The molecule has 6 nitrogen and oxygen atoms in total. The minimum atomic E-state index is -3.58. The van der Waals surface area contributed by atoms with E-state index in [1.807, 2.05) is 44.2 Å². The van der Waals surface area contributed by atoms with E-state index in [0.717, 1.165) is 33.0 Å². The van der Waals surface area contributed by atoms with Crippen molar-refractivity contribution in [2.24, 2.45) is 0 Å². The predicted molar refractivity (Wildman–Crippen MR) is 108 cm³/mol. The number of ether oxygens (including phenoxy) is 1. The Morgan fingerprint density at radius 3 is 2.52 bits per heavy atom. The van der Waals surface area contributed by atoms with Gasteiger partial charge in [0.25, 0.3) is 0 Å². The van der Waals surface area contributed by atoms with Crippen LogP contribution in [0.5, 0.6) is 5.75 Å². The molecule has 0 heterocycles. The van der Waals surface area contributed by atoms with Crippen molar-refractivity contribution in [1.29, 1.82) is 0 Å². The molecule has 2 rings (SSSR count). The van der Waals surface area contributed by atoms with E-state index in [-0.39, 0.29) is 12.5 Å². The van der Waals surface area contributed by atoms with Crippen LogP contribution in [0.15, 0.2) is 42.5 Å². The van der Waals surface area contributed by atoms with E-state index >= 15 is 0 Å². The van der Waals surface area contributed by atoms with Crippen molar-refractivity contribution in [2.45, 2.75) is 20.3 Å². The van der Waals surface area contributed by atoms with Crippen LogP contribution >= 0.6 is 0 Å². The van der Waals surface area contributed by atoms with Gasteiger partial charge in [-0.05, 0) is 55.2 Å². The number of amides is 1. The Balaban J connectivity index is 2.03. The van der Waals surface area contributed by atoms with Gasteiger partial charge in [-0.3, -0.25) is 9.10 Å². The monoisotopic (exact) mass is 390 g/mol. The fourth-order valence-electron chi connectivity index (χ4n) is 2.75. The molecule has 0 aromatic heterocycles. The summed E-state index contributed by atoms with van der Waals surface area (Å²) in [5.74, 6) is 0.418. The molecule has 27 heavy (non-hydrogen) atoms. The maximum atomic E-state index is 12.3. The summed E-state index contributed by atoms with van der Waals surface area (Å²) >= 11 is 0. The fourth-order valence-corrected chi connectivity index (χ4v) is 3.65. The van der Waals surface area contributed by atoms with E-state index in [4.69, 9.17) is 4.74 Å². The van der Waals surface area contributed by atoms with Crippen LogP contribution in [0.3, 0.4) is 0 Å². The molecule has 2 aromatic rings. The standard InChI is InChI=1S/C20H26N2O4S/c1-15-7-5-10-19(16(15)2)22(27(4,24)25)14-20(23)21-12-11-17-8-6-9-18(13-17)26-3/h5-10,13H,11-12,14H2,1-4H3,(H,21,23). The molecule has 0 aliphatic heterocycles. The summed E-state index contributed by atoms with van der Waals surface area (Å²) in [5, 5.41) is 2.79. The highest BCUT2D eigenvalue weighted by atomic mass is 32.2. The Hall–Kier alpha value is -2.54. The SMILES string of the molecule is COc1cccc(CCNC(=O)CN(c2cccc(C)c2C)S(C)(=O)=O)c1. The molecule has 1 N–H and O–H groups in total. The number of nitrogens with zero attached hydrogens (tertiary/aromatic N) is 1. The number of hydrogen-bond donors (Lipinski definition) is 1. The first-order valence-electron chi connectivity index (χ1n) is 8.66. The topological polar surface area (TPSA) is 75.7 Å². The molecule has 0 fully saturated rings. The lowest BCUT2D eigenvalue weighted by Crippen LogP contribution is -2.41. The highest BCUT2D eigenvalue weighted by molar-refractivity contribution is 7.92. The molecule has 0 spiro atoms. The maximum Gasteiger partial charge on any atom is 0.240 e. The molecular formula is C20H26N2O4S. The number of carbonyl (C=O) groups is 1. The summed E-state index contributed by atoms with van der Waals surface area (Å²) in [6.07, 6.45) is 1.74. The summed E-state index contributed by atoms with van der Waals surface area (Å²) in [6.45, 7) is 3.93. The molecule has 0 saturated heterocycles. The third-order valence-corrected chi connectivity index (χ3v) is 5.53. The Bertz CT molecular complexity index is 910. The van der Waals surface area contributed by atoms with Crippen molar-refractivity contribution in [3.05, 3.63) is 59.2 Å². The number of anilines is 1. The highest BCUT2D eigenvalue weighted by Crippen LogP contribution is 2.24. The van der Waals surface area contributed by atoms with Crippen molar-refractivity contribution >= 4 is 21.6 Å². The van der Waals surface area contributed by atoms with Crippen LogP contribution in [0.1, 0.15) is 16.7 Å². The van der Waals surface area contributed by atoms with Gasteiger partial charge in [0.15, 0.2) is 0 Å². The smallest absolute Gasteiger partial charge is 0.240 e. The predicted octanol–water partition coefficient (Wildman–Crippen LogP) is 2.44. The van der Waals surface area contributed by atoms with Crippen molar-refractivity contribution in [3.63, 3.8) is 0 Å². The average molecular weight is 391 g/mol. The van der Waals surface area contributed by atoms with Crippen molar-refractivity contribution in [3.8, 4) is 5.75 Å². The maximum absolute atomic E-state index is 12.3. The Morgan fingerprint density at radius 2 is 1.85 bits per heavy atom. The molecule has 0 aliphatic carbocycles. The highest BCUT2D eigenvalue weighted by Gasteiger charge is 2.22. The van der Waals surface area contributed by atoms with Crippen LogP contribution in [-0.4, -0.2) is 40.8 Å². The van der Waals surface area contributed by atoms with Crippen molar-refractivity contribution in [1.82, 2.24) is 5.32 Å². The van der Waals surface area contributed by atoms with Crippen LogP contribution in [0.25, 0.3) is 0 Å². The normalized spacial score (nSPS) is 11.1. The third kappa shape index (κ3) is 5.72. The summed E-state index contributed by atoms with van der Waals surface area (Å²) in [6, 6.07) is 13.0. The van der Waals surface area contributed by atoms with Gasteiger partial charge in [0.1, 0.15) is 12.3 Å². The Labute approximate surface area is 161 Å². The second-order valence-electron chi connectivity index (χ2n) is 6.44. The molecule has 0 saturated carbocycles. The van der Waals surface area contributed by atoms with Crippen molar-refractivity contribution in [2.75, 3.05) is 30.8 Å². The second kappa shape index (κ2) is 8.90. The summed E-state index contributed by atoms with van der Waals surface area (Å²) in [4.78, 5) is 12.3. The van der Waals surface area contributed by atoms with E-state index in [1.54, 1.807) is 19.2 Å². The van der Waals surface area contributed by atoms with Crippen LogP contribution in [0, 0.1) is 13.8 Å². The average Bonchev–Trinajstić information content (AvgIpc) is 2.61. The van der Waals surface area contributed by atoms with Gasteiger partial charge >= 0.3 is 0 Å². The van der Waals surface area contributed by atoms with Gasteiger partial charge in [-0.25, -0.2) is 8.42 Å². The molecule has 0 atom stereocenters. The molecular weight excluding hydrogens is 364 g/mol. The third-order valence-electron chi connectivity index (χ3n) is 4.40. The van der Waals surface area contributed by atoms with Gasteiger partial charge in [-0.15, -0.1) is 0 Å². The zero-order chi connectivity index (χ0) is 20.0. The lowest BCUT2D eigenvalue weighted by atomic mass is 10.1. The molecule has 0 bridgehead atoms. The first-order chi connectivity index (χ1) is 12.7. The molecule has 2 aromatic carbocycles. The lowest BCUT2D eigenvalue weighted by molar-refractivity contribution is -0.119. The summed E-state index contributed by atoms with van der Waals surface area (Å²) < 4.78 is 30.8. The molecule has 0 radical (unpaired) electrons. The van der Waals surface area contributed by atoms with Gasteiger partial charge in [0.2, 0.25) is 15.9 Å². The van der Waals surface area contributed by atoms with E-state index in [1.165, 1.54) is 0 Å². The van der Waals surface area contributed by atoms with Crippen LogP contribution in [0.2, 0.25) is 0 Å². The second-order valence-corrected chi connectivity index (χ2v) is 8.35. The number of benzene rings is 2. The largest absolute Gasteiger partial charge is 0.497 e. The summed E-state index contributed by atoms with van der Waals surface area (Å²) in [7, 11) is -1.98. The summed E-state index contributed by atoms with van der Waals surface area (Å²) in [5.41, 5.74) is 3.37. The Morgan fingerprint density at radius 1 is 1.15 bits per heavy atom. The number of methoxy groups -OCH3 is 1. The minimum absolute atomic E-state index is 0.249.